The third kappa shape index (κ3) is 5.38. The molecule has 0 spiro atoms. The summed E-state index contributed by atoms with van der Waals surface area (Å²) in [7, 11) is -3.44. The molecule has 4 rings (SSSR count). The maximum absolute atomic E-state index is 14.0. The molecule has 0 saturated carbocycles. The van der Waals surface area contributed by atoms with Crippen LogP contribution in [0, 0.1) is 15.6 Å². The Hall–Kier alpha value is -2.19. The molecular formula is C22H26FIN6O3S. The molecule has 0 fully saturated rings. The van der Waals surface area contributed by atoms with Crippen molar-refractivity contribution in [2.24, 2.45) is 5.92 Å². The summed E-state index contributed by atoms with van der Waals surface area (Å²) in [5.74, 6) is 0.706. The Morgan fingerprint density at radius 2 is 2.00 bits per heavy atom. The van der Waals surface area contributed by atoms with Gasteiger partial charge in [0.1, 0.15) is 5.82 Å². The first kappa shape index (κ1) is 24.9. The molecule has 2 heterocycles. The average molecular weight is 600 g/mol. The van der Waals surface area contributed by atoms with Crippen molar-refractivity contribution in [3.8, 4) is 0 Å². The number of carbonyl (C=O) groups is 1. The Bertz CT molecular complexity index is 1370. The molecule has 1 aliphatic rings. The fraction of sp³-hybridized carbons (Fsp3) is 0.455. The first-order valence-electron chi connectivity index (χ1n) is 11.0. The summed E-state index contributed by atoms with van der Waals surface area (Å²) in [5, 5.41) is 0. The van der Waals surface area contributed by atoms with Crippen LogP contribution < -0.4 is 10.5 Å². The molecular weight excluding hydrogens is 574 g/mol. The lowest BCUT2D eigenvalue weighted by atomic mass is 10.0. The number of fused-ring (bicyclic) bond motifs is 2. The normalized spacial score (nSPS) is 13.9. The van der Waals surface area contributed by atoms with E-state index in [9.17, 15) is 17.6 Å². The van der Waals surface area contributed by atoms with Gasteiger partial charge in [-0.1, -0.05) is 13.8 Å². The molecule has 9 nitrogen and oxygen atoms in total. The molecule has 1 aliphatic carbocycles. The zero-order chi connectivity index (χ0) is 24.6. The molecule has 0 bridgehead atoms. The molecule has 12 heteroatoms. The van der Waals surface area contributed by atoms with E-state index >= 15 is 0 Å². The second-order valence-electron chi connectivity index (χ2n) is 8.85. The van der Waals surface area contributed by atoms with E-state index in [-0.39, 0.29) is 47.4 Å². The van der Waals surface area contributed by atoms with Crippen molar-refractivity contribution in [2.45, 2.75) is 46.1 Å². The summed E-state index contributed by atoms with van der Waals surface area (Å²) >= 11 is 2.23. The van der Waals surface area contributed by atoms with Crippen molar-refractivity contribution in [2.75, 3.05) is 18.0 Å². The van der Waals surface area contributed by atoms with Crippen LogP contribution in [-0.4, -0.2) is 46.0 Å². The molecule has 3 N–H and O–H groups in total. The maximum atomic E-state index is 14.0. The highest BCUT2D eigenvalue weighted by Crippen LogP contribution is 2.29. The standard InChI is InChI=1S/C22H26FIN6O3S/c1-12(2)11-26-34(32,33)7-3-6-30-18(27-19-20(25)28-22(23)29-21(19)30)10-14-8-15-13(9-16(14)24)4-5-17(15)31/h8-9,12,26H,3-7,10-11H2,1-2H3,(H2,25,28,29). The number of sulfonamides is 1. The third-order valence-corrected chi connectivity index (χ3v) is 8.16. The van der Waals surface area contributed by atoms with Crippen LogP contribution in [0.2, 0.25) is 0 Å². The second-order valence-corrected chi connectivity index (χ2v) is 11.9. The number of nitrogens with one attached hydrogen (secondary N) is 1. The zero-order valence-corrected chi connectivity index (χ0v) is 21.9. The van der Waals surface area contributed by atoms with Gasteiger partial charge in [-0.25, -0.2) is 18.1 Å². The van der Waals surface area contributed by atoms with Crippen molar-refractivity contribution in [1.29, 1.82) is 0 Å². The van der Waals surface area contributed by atoms with Crippen LogP contribution in [0.3, 0.4) is 0 Å². The summed E-state index contributed by atoms with van der Waals surface area (Å²) in [5.41, 5.74) is 9.07. The lowest BCUT2D eigenvalue weighted by molar-refractivity contribution is 0.0994. The fourth-order valence-corrected chi connectivity index (χ4v) is 5.97. The number of imidazole rings is 1. The van der Waals surface area contributed by atoms with Gasteiger partial charge in [-0.3, -0.25) is 4.79 Å². The van der Waals surface area contributed by atoms with Crippen LogP contribution >= 0.6 is 22.6 Å². The molecule has 0 radical (unpaired) electrons. The van der Waals surface area contributed by atoms with E-state index < -0.39 is 16.1 Å². The summed E-state index contributed by atoms with van der Waals surface area (Å²) in [6.07, 6.45) is 0.916. The molecule has 0 saturated heterocycles. The molecule has 0 aliphatic heterocycles. The average Bonchev–Trinajstić information content (AvgIpc) is 3.27. The fourth-order valence-electron chi connectivity index (χ4n) is 4.00. The van der Waals surface area contributed by atoms with Crippen LogP contribution in [0.25, 0.3) is 11.2 Å². The van der Waals surface area contributed by atoms with E-state index in [0.717, 1.165) is 26.7 Å². The number of nitrogen functional groups attached to an aromatic ring is 1. The van der Waals surface area contributed by atoms with Gasteiger partial charge in [-0.05, 0) is 64.6 Å². The minimum absolute atomic E-state index is 0.0763. The number of Topliss-reactive ketones (excluding diaryl/α,β-unsaturated/α-hetero) is 1. The van der Waals surface area contributed by atoms with Crippen molar-refractivity contribution < 1.29 is 17.6 Å². The van der Waals surface area contributed by atoms with Gasteiger partial charge in [0.2, 0.25) is 10.0 Å². The number of aryl methyl sites for hydroxylation is 2. The number of halogens is 2. The van der Waals surface area contributed by atoms with Gasteiger partial charge < -0.3 is 10.3 Å². The summed E-state index contributed by atoms with van der Waals surface area (Å²) < 4.78 is 43.9. The predicted octanol–water partition coefficient (Wildman–Crippen LogP) is 2.84. The van der Waals surface area contributed by atoms with Gasteiger partial charge in [-0.15, -0.1) is 0 Å². The van der Waals surface area contributed by atoms with E-state index in [1.807, 2.05) is 26.0 Å². The largest absolute Gasteiger partial charge is 0.382 e. The molecule has 2 aromatic heterocycles. The number of ketones is 1. The van der Waals surface area contributed by atoms with E-state index in [1.165, 1.54) is 0 Å². The number of nitrogens with zero attached hydrogens (tertiary/aromatic N) is 4. The first-order valence-corrected chi connectivity index (χ1v) is 13.8. The van der Waals surface area contributed by atoms with Gasteiger partial charge >= 0.3 is 6.08 Å². The number of hydrogen-bond donors (Lipinski definition) is 2. The van der Waals surface area contributed by atoms with Gasteiger partial charge in [0.05, 0.1) is 5.75 Å². The summed E-state index contributed by atoms with van der Waals surface area (Å²) in [6.45, 7) is 4.48. The molecule has 182 valence electrons. The topological polar surface area (TPSA) is 133 Å². The SMILES string of the molecule is CC(C)CNS(=O)(=O)CCCn1c(Cc2cc3c(cc2I)CCC3=O)nc2c(N)nc(F)nc21. The van der Waals surface area contributed by atoms with Crippen molar-refractivity contribution >= 4 is 55.4 Å². The number of benzene rings is 1. The van der Waals surface area contributed by atoms with Gasteiger partial charge in [0, 0.05) is 35.1 Å². The number of rotatable bonds is 9. The van der Waals surface area contributed by atoms with E-state index in [1.54, 1.807) is 4.57 Å². The van der Waals surface area contributed by atoms with Crippen LogP contribution in [0.4, 0.5) is 10.2 Å². The van der Waals surface area contributed by atoms with Crippen molar-refractivity contribution in [1.82, 2.24) is 24.2 Å². The minimum Gasteiger partial charge on any atom is -0.382 e. The highest BCUT2D eigenvalue weighted by Gasteiger charge is 2.23. The van der Waals surface area contributed by atoms with Crippen molar-refractivity contribution in [3.63, 3.8) is 0 Å². The molecule has 0 unspecified atom stereocenters. The van der Waals surface area contributed by atoms with Crippen LogP contribution in [0.5, 0.6) is 0 Å². The van der Waals surface area contributed by atoms with E-state index in [0.29, 0.717) is 25.2 Å². The number of anilines is 1. The highest BCUT2D eigenvalue weighted by atomic mass is 127. The summed E-state index contributed by atoms with van der Waals surface area (Å²) in [6, 6.07) is 3.91. The second kappa shape index (κ2) is 9.82. The minimum atomic E-state index is -3.44. The van der Waals surface area contributed by atoms with Gasteiger partial charge in [0.25, 0.3) is 0 Å². The van der Waals surface area contributed by atoms with Crippen molar-refractivity contribution in [3.05, 3.63) is 44.3 Å². The molecule has 0 atom stereocenters. The third-order valence-electron chi connectivity index (χ3n) is 5.72. The van der Waals surface area contributed by atoms with Crippen LogP contribution in [-0.2, 0) is 29.4 Å². The lowest BCUT2D eigenvalue weighted by Gasteiger charge is -2.12. The zero-order valence-electron chi connectivity index (χ0n) is 18.9. The van der Waals surface area contributed by atoms with Gasteiger partial charge in [-0.2, -0.15) is 14.4 Å². The number of carbonyl (C=O) groups excluding carboxylic acids is 1. The van der Waals surface area contributed by atoms with Crippen LogP contribution in [0.15, 0.2) is 12.1 Å². The molecule has 1 aromatic carbocycles. The number of hydrogen-bond acceptors (Lipinski definition) is 7. The monoisotopic (exact) mass is 600 g/mol. The first-order chi connectivity index (χ1) is 16.0. The Balaban J connectivity index is 1.65. The van der Waals surface area contributed by atoms with Gasteiger partial charge in [0.15, 0.2) is 22.8 Å². The summed E-state index contributed by atoms with van der Waals surface area (Å²) in [4.78, 5) is 24.3. The molecule has 34 heavy (non-hydrogen) atoms. The predicted molar refractivity (Wildman–Crippen MR) is 136 cm³/mol. The Kier molecular flexibility index (Phi) is 7.20. The molecule has 3 aromatic rings. The van der Waals surface area contributed by atoms with E-state index in [2.05, 4.69) is 42.3 Å². The highest BCUT2D eigenvalue weighted by molar-refractivity contribution is 14.1. The Morgan fingerprint density at radius 3 is 2.74 bits per heavy atom. The number of nitrogens with two attached hydrogens (primary N) is 1. The smallest absolute Gasteiger partial charge is 0.312 e. The van der Waals surface area contributed by atoms with E-state index in [4.69, 9.17) is 5.73 Å². The number of aromatic nitrogens is 4. The lowest BCUT2D eigenvalue weighted by Crippen LogP contribution is -2.30. The van der Waals surface area contributed by atoms with Crippen LogP contribution in [0.1, 0.15) is 54.0 Å². The maximum Gasteiger partial charge on any atom is 0.312 e. The quantitative estimate of drug-likeness (QED) is 0.285. The Labute approximate surface area is 210 Å². The molecule has 0 amide bonds. The Morgan fingerprint density at radius 1 is 1.24 bits per heavy atom.